The summed E-state index contributed by atoms with van der Waals surface area (Å²) in [4.78, 5) is 10.3. The van der Waals surface area contributed by atoms with Gasteiger partial charge in [-0.3, -0.25) is 4.79 Å². The average molecular weight is 146 g/mol. The van der Waals surface area contributed by atoms with Crippen LogP contribution in [0.3, 0.4) is 0 Å². The lowest BCUT2D eigenvalue weighted by Gasteiger charge is -2.03. The monoisotopic (exact) mass is 146 g/mol. The Balaban J connectivity index is 2.49. The summed E-state index contributed by atoms with van der Waals surface area (Å²) in [7, 11) is 0. The van der Waals surface area contributed by atoms with Gasteiger partial charge >= 0.3 is 5.97 Å². The van der Waals surface area contributed by atoms with Gasteiger partial charge in [-0.15, -0.1) is 0 Å². The summed E-state index contributed by atoms with van der Waals surface area (Å²) in [5.41, 5.74) is 0. The van der Waals surface area contributed by atoms with Gasteiger partial charge in [-0.25, -0.2) is 0 Å². The maximum atomic E-state index is 10.3. The summed E-state index contributed by atoms with van der Waals surface area (Å²) in [6.45, 7) is 0. The van der Waals surface area contributed by atoms with Crippen LogP contribution in [0.4, 0.5) is 0 Å². The molecule has 0 radical (unpaired) electrons. The van der Waals surface area contributed by atoms with E-state index in [9.17, 15) is 4.79 Å². The van der Waals surface area contributed by atoms with Crippen LogP contribution in [0.25, 0.3) is 0 Å². The van der Waals surface area contributed by atoms with Crippen LogP contribution in [0.1, 0.15) is 12.8 Å². The molecule has 10 heavy (non-hydrogen) atoms. The predicted molar refractivity (Wildman–Crippen MR) is 32.4 cm³/mol. The van der Waals surface area contributed by atoms with Gasteiger partial charge in [0.1, 0.15) is 0 Å². The number of aliphatic hydroxyl groups excluding tert-OH is 2. The van der Waals surface area contributed by atoms with Gasteiger partial charge < -0.3 is 15.3 Å². The number of aliphatic hydroxyl groups is 2. The topological polar surface area (TPSA) is 77.8 Å². The van der Waals surface area contributed by atoms with Crippen molar-refractivity contribution in [1.29, 1.82) is 0 Å². The first kappa shape index (κ1) is 7.50. The van der Waals surface area contributed by atoms with Crippen LogP contribution in [0.2, 0.25) is 0 Å². The lowest BCUT2D eigenvalue weighted by molar-refractivity contribution is -0.141. The summed E-state index contributed by atoms with van der Waals surface area (Å²) in [5.74, 6) is -1.50. The minimum atomic E-state index is -0.935. The van der Waals surface area contributed by atoms with E-state index >= 15 is 0 Å². The van der Waals surface area contributed by atoms with Gasteiger partial charge in [-0.05, 0) is 12.8 Å². The van der Waals surface area contributed by atoms with E-state index in [-0.39, 0.29) is 12.8 Å². The van der Waals surface area contributed by atoms with Gasteiger partial charge in [0.2, 0.25) is 0 Å². The number of carboxylic acids is 1. The Morgan fingerprint density at radius 3 is 1.80 bits per heavy atom. The van der Waals surface area contributed by atoms with Crippen LogP contribution in [0.15, 0.2) is 0 Å². The van der Waals surface area contributed by atoms with E-state index < -0.39 is 24.1 Å². The van der Waals surface area contributed by atoms with E-state index in [2.05, 4.69) is 0 Å². The maximum absolute atomic E-state index is 10.3. The fourth-order valence-corrected chi connectivity index (χ4v) is 1.20. The number of aliphatic carboxylic acids is 1. The summed E-state index contributed by atoms with van der Waals surface area (Å²) in [5, 5.41) is 26.2. The second-order valence-electron chi connectivity index (χ2n) is 2.64. The SMILES string of the molecule is O=C(O)[C@@H]1C[C@@H](O)[C@@H](O)C1. The highest BCUT2D eigenvalue weighted by molar-refractivity contribution is 5.70. The molecule has 1 fully saturated rings. The van der Waals surface area contributed by atoms with E-state index in [1.165, 1.54) is 0 Å². The molecule has 0 aliphatic heterocycles. The molecule has 0 aromatic heterocycles. The Kier molecular flexibility index (Phi) is 1.92. The first-order valence-corrected chi connectivity index (χ1v) is 3.20. The minimum Gasteiger partial charge on any atom is -0.481 e. The summed E-state index contributed by atoms with van der Waals surface area (Å²) in [6.07, 6.45) is -1.34. The number of hydrogen-bond donors (Lipinski definition) is 3. The lowest BCUT2D eigenvalue weighted by atomic mass is 10.1. The van der Waals surface area contributed by atoms with Crippen molar-refractivity contribution in [1.82, 2.24) is 0 Å². The van der Waals surface area contributed by atoms with Crippen molar-refractivity contribution in [3.8, 4) is 0 Å². The van der Waals surface area contributed by atoms with Crippen molar-refractivity contribution in [2.75, 3.05) is 0 Å². The Hall–Kier alpha value is -0.610. The molecule has 0 amide bonds. The zero-order chi connectivity index (χ0) is 7.72. The highest BCUT2D eigenvalue weighted by atomic mass is 16.4. The molecule has 0 aromatic rings. The van der Waals surface area contributed by atoms with Crippen molar-refractivity contribution in [3.63, 3.8) is 0 Å². The third kappa shape index (κ3) is 1.27. The fourth-order valence-electron chi connectivity index (χ4n) is 1.20. The minimum absolute atomic E-state index is 0.177. The van der Waals surface area contributed by atoms with Crippen LogP contribution in [0, 0.1) is 5.92 Å². The molecule has 0 spiro atoms. The summed E-state index contributed by atoms with van der Waals surface area (Å²) in [6, 6.07) is 0. The number of carbonyl (C=O) groups is 1. The van der Waals surface area contributed by atoms with Gasteiger partial charge in [-0.1, -0.05) is 0 Å². The standard InChI is InChI=1S/C6H10O4/c7-4-1-3(6(9)10)2-5(4)8/h3-5,7-8H,1-2H2,(H,9,10)/t3-,4-,5+. The van der Waals surface area contributed by atoms with Gasteiger partial charge in [-0.2, -0.15) is 0 Å². The van der Waals surface area contributed by atoms with Crippen LogP contribution in [-0.4, -0.2) is 33.5 Å². The Morgan fingerprint density at radius 1 is 1.20 bits per heavy atom. The molecule has 1 aliphatic carbocycles. The first-order chi connectivity index (χ1) is 4.61. The zero-order valence-electron chi connectivity index (χ0n) is 5.40. The van der Waals surface area contributed by atoms with E-state index in [0.717, 1.165) is 0 Å². The molecule has 0 unspecified atom stereocenters. The Bertz CT molecular complexity index is 135. The number of rotatable bonds is 1. The van der Waals surface area contributed by atoms with Crippen molar-refractivity contribution in [2.45, 2.75) is 25.0 Å². The largest absolute Gasteiger partial charge is 0.481 e. The molecule has 58 valence electrons. The van der Waals surface area contributed by atoms with Crippen molar-refractivity contribution in [2.24, 2.45) is 5.92 Å². The number of carboxylic acid groups (broad SMARTS) is 1. The third-order valence-electron chi connectivity index (χ3n) is 1.85. The maximum Gasteiger partial charge on any atom is 0.306 e. The van der Waals surface area contributed by atoms with Gasteiger partial charge in [0.05, 0.1) is 18.1 Å². The Morgan fingerprint density at radius 2 is 1.60 bits per heavy atom. The molecule has 0 aromatic carbocycles. The lowest BCUT2D eigenvalue weighted by Crippen LogP contribution is -2.17. The van der Waals surface area contributed by atoms with Crippen LogP contribution in [0.5, 0.6) is 0 Å². The predicted octanol–water partition coefficient (Wildman–Crippen LogP) is -0.797. The summed E-state index contributed by atoms with van der Waals surface area (Å²) < 4.78 is 0. The first-order valence-electron chi connectivity index (χ1n) is 3.20. The smallest absolute Gasteiger partial charge is 0.306 e. The van der Waals surface area contributed by atoms with E-state index in [1.807, 2.05) is 0 Å². The van der Waals surface area contributed by atoms with E-state index in [4.69, 9.17) is 15.3 Å². The van der Waals surface area contributed by atoms with Crippen molar-refractivity contribution in [3.05, 3.63) is 0 Å². The molecule has 0 saturated heterocycles. The molecule has 1 saturated carbocycles. The molecule has 3 atom stereocenters. The van der Waals surface area contributed by atoms with Crippen LogP contribution < -0.4 is 0 Å². The quantitative estimate of drug-likeness (QED) is 0.452. The molecule has 1 aliphatic rings. The molecule has 0 bridgehead atoms. The summed E-state index contributed by atoms with van der Waals surface area (Å²) >= 11 is 0. The molecule has 3 N–H and O–H groups in total. The second kappa shape index (κ2) is 2.56. The number of hydrogen-bond acceptors (Lipinski definition) is 3. The third-order valence-corrected chi connectivity index (χ3v) is 1.85. The van der Waals surface area contributed by atoms with Gasteiger partial charge in [0, 0.05) is 0 Å². The van der Waals surface area contributed by atoms with E-state index in [0.29, 0.717) is 0 Å². The van der Waals surface area contributed by atoms with Crippen LogP contribution >= 0.6 is 0 Å². The zero-order valence-corrected chi connectivity index (χ0v) is 5.40. The van der Waals surface area contributed by atoms with Crippen LogP contribution in [-0.2, 0) is 4.79 Å². The Labute approximate surface area is 58.1 Å². The molecule has 0 heterocycles. The molecule has 4 nitrogen and oxygen atoms in total. The molecule has 4 heteroatoms. The normalized spacial score (nSPS) is 40.0. The van der Waals surface area contributed by atoms with Crippen molar-refractivity contribution < 1.29 is 20.1 Å². The molecule has 1 rings (SSSR count). The fraction of sp³-hybridized carbons (Fsp3) is 0.833. The average Bonchev–Trinajstić information content (AvgIpc) is 2.13. The second-order valence-corrected chi connectivity index (χ2v) is 2.64. The van der Waals surface area contributed by atoms with E-state index in [1.54, 1.807) is 0 Å². The van der Waals surface area contributed by atoms with Gasteiger partial charge in [0.25, 0.3) is 0 Å². The molecular formula is C6H10O4. The van der Waals surface area contributed by atoms with Crippen molar-refractivity contribution >= 4 is 5.97 Å². The highest BCUT2D eigenvalue weighted by Gasteiger charge is 2.35. The molecular weight excluding hydrogens is 136 g/mol. The highest BCUT2D eigenvalue weighted by Crippen LogP contribution is 2.25. The van der Waals surface area contributed by atoms with Gasteiger partial charge in [0.15, 0.2) is 0 Å².